The van der Waals surface area contributed by atoms with E-state index in [0.717, 1.165) is 35.7 Å². The van der Waals surface area contributed by atoms with Crippen LogP contribution in [0.4, 0.5) is 0 Å². The fourth-order valence-corrected chi connectivity index (χ4v) is 5.08. The number of primary amides is 1. The molecule has 3 aromatic rings. The zero-order valence-corrected chi connectivity index (χ0v) is 18.1. The van der Waals surface area contributed by atoms with Gasteiger partial charge in [-0.05, 0) is 60.9 Å². The van der Waals surface area contributed by atoms with Gasteiger partial charge in [-0.25, -0.2) is 4.79 Å². The van der Waals surface area contributed by atoms with Crippen LogP contribution in [0.1, 0.15) is 76.6 Å². The Morgan fingerprint density at radius 2 is 2.00 bits per heavy atom. The number of hydrogen-bond donors (Lipinski definition) is 2. The molecule has 162 valence electrons. The number of carbonyl (C=O) groups is 2. The molecule has 0 radical (unpaired) electrons. The number of unbranched alkanes of at least 4 members (excludes halogenated alkanes) is 1. The van der Waals surface area contributed by atoms with E-state index >= 15 is 0 Å². The van der Waals surface area contributed by atoms with Crippen molar-refractivity contribution in [1.29, 1.82) is 0 Å². The average Bonchev–Trinajstić information content (AvgIpc) is 2.91. The lowest BCUT2D eigenvalue weighted by Gasteiger charge is -2.18. The monoisotopic (exact) mass is 418 g/mol. The zero-order valence-electron chi connectivity index (χ0n) is 18.1. The Bertz CT molecular complexity index is 1130. The number of amides is 1. The highest BCUT2D eigenvalue weighted by Gasteiger charge is 2.26. The predicted molar refractivity (Wildman–Crippen MR) is 123 cm³/mol. The van der Waals surface area contributed by atoms with Gasteiger partial charge >= 0.3 is 5.97 Å². The van der Waals surface area contributed by atoms with E-state index < -0.39 is 11.9 Å². The number of fused-ring (bicyclic) bond motifs is 3. The molecule has 31 heavy (non-hydrogen) atoms. The molecule has 0 fully saturated rings. The molecular weight excluding hydrogens is 388 g/mol. The Balaban J connectivity index is 1.87. The minimum Gasteiger partial charge on any atom is -0.478 e. The van der Waals surface area contributed by atoms with E-state index in [9.17, 15) is 14.7 Å². The zero-order chi connectivity index (χ0) is 22.0. The topological polar surface area (TPSA) is 85.3 Å². The van der Waals surface area contributed by atoms with E-state index in [2.05, 4.69) is 17.6 Å². The summed E-state index contributed by atoms with van der Waals surface area (Å²) in [4.78, 5) is 23.7. The number of aromatic carboxylic acids is 1. The van der Waals surface area contributed by atoms with Crippen molar-refractivity contribution in [3.05, 3.63) is 70.4 Å². The lowest BCUT2D eigenvalue weighted by Crippen LogP contribution is -2.13. The second kappa shape index (κ2) is 8.96. The van der Waals surface area contributed by atoms with E-state index in [1.807, 2.05) is 24.3 Å². The standard InChI is InChI=1S/C26H30N2O3/c1-2-3-7-17-8-5-11-20-21-12-6-13-22(26(30)31)24(21)28(23(20)15-17)16-18-9-4-10-19(14-18)25(27)29/h4,6,9-10,12-14,17H,2-3,5,7-8,11,15-16H2,1H3,(H2,27,29)(H,30,31). The van der Waals surface area contributed by atoms with Crippen molar-refractivity contribution in [1.82, 2.24) is 4.57 Å². The highest BCUT2D eigenvalue weighted by Crippen LogP contribution is 2.36. The molecule has 1 aliphatic rings. The second-order valence-corrected chi connectivity index (χ2v) is 8.69. The van der Waals surface area contributed by atoms with Crippen molar-refractivity contribution in [2.75, 3.05) is 0 Å². The number of carboxylic acids is 1. The molecule has 4 rings (SSSR count). The summed E-state index contributed by atoms with van der Waals surface area (Å²) < 4.78 is 2.19. The first-order chi connectivity index (χ1) is 15.0. The van der Waals surface area contributed by atoms with Crippen LogP contribution >= 0.6 is 0 Å². The van der Waals surface area contributed by atoms with Crippen molar-refractivity contribution in [3.8, 4) is 0 Å². The Hall–Kier alpha value is -3.08. The van der Waals surface area contributed by atoms with Crippen LogP contribution < -0.4 is 5.73 Å². The largest absolute Gasteiger partial charge is 0.478 e. The number of nitrogens with zero attached hydrogens (tertiary/aromatic N) is 1. The number of carboxylic acid groups (broad SMARTS) is 1. The Kier molecular flexibility index (Phi) is 6.12. The van der Waals surface area contributed by atoms with Gasteiger partial charge in [-0.1, -0.05) is 50.5 Å². The molecule has 1 heterocycles. The molecule has 5 heteroatoms. The van der Waals surface area contributed by atoms with Crippen molar-refractivity contribution in [2.45, 2.75) is 58.4 Å². The molecule has 2 aromatic carbocycles. The lowest BCUT2D eigenvalue weighted by molar-refractivity contribution is 0.0698. The van der Waals surface area contributed by atoms with Crippen LogP contribution in [0, 0.1) is 5.92 Å². The van der Waals surface area contributed by atoms with Crippen LogP contribution in [0.25, 0.3) is 10.9 Å². The van der Waals surface area contributed by atoms with Gasteiger partial charge < -0.3 is 15.4 Å². The van der Waals surface area contributed by atoms with Gasteiger partial charge in [-0.2, -0.15) is 0 Å². The Labute approximate surface area is 182 Å². The molecule has 0 saturated carbocycles. The van der Waals surface area contributed by atoms with Crippen LogP contribution in [0.2, 0.25) is 0 Å². The molecule has 3 N–H and O–H groups in total. The van der Waals surface area contributed by atoms with Gasteiger partial charge in [0.15, 0.2) is 0 Å². The maximum Gasteiger partial charge on any atom is 0.337 e. The molecule has 0 aliphatic heterocycles. The summed E-state index contributed by atoms with van der Waals surface area (Å²) in [5.74, 6) is -0.744. The highest BCUT2D eigenvalue weighted by atomic mass is 16.4. The minimum atomic E-state index is -0.909. The van der Waals surface area contributed by atoms with E-state index in [1.165, 1.54) is 36.9 Å². The third-order valence-electron chi connectivity index (χ3n) is 6.57. The first-order valence-corrected chi connectivity index (χ1v) is 11.2. The molecule has 0 saturated heterocycles. The number of benzene rings is 2. The van der Waals surface area contributed by atoms with Crippen molar-refractivity contribution >= 4 is 22.8 Å². The second-order valence-electron chi connectivity index (χ2n) is 8.69. The molecule has 1 amide bonds. The van der Waals surface area contributed by atoms with Gasteiger partial charge in [0, 0.05) is 23.2 Å². The van der Waals surface area contributed by atoms with Gasteiger partial charge in [0.25, 0.3) is 0 Å². The molecule has 5 nitrogen and oxygen atoms in total. The fourth-order valence-electron chi connectivity index (χ4n) is 5.08. The van der Waals surface area contributed by atoms with E-state index in [1.54, 1.807) is 12.1 Å². The van der Waals surface area contributed by atoms with Gasteiger partial charge in [0.05, 0.1) is 11.1 Å². The van der Waals surface area contributed by atoms with Crippen LogP contribution in [0.3, 0.4) is 0 Å². The van der Waals surface area contributed by atoms with Crippen molar-refractivity contribution in [2.24, 2.45) is 11.7 Å². The van der Waals surface area contributed by atoms with Crippen molar-refractivity contribution in [3.63, 3.8) is 0 Å². The van der Waals surface area contributed by atoms with E-state index in [4.69, 9.17) is 5.73 Å². The highest BCUT2D eigenvalue weighted by molar-refractivity contribution is 6.04. The van der Waals surface area contributed by atoms with E-state index in [0.29, 0.717) is 23.6 Å². The number of aryl methyl sites for hydroxylation is 1. The molecule has 1 atom stereocenters. The van der Waals surface area contributed by atoms with Crippen LogP contribution in [0.15, 0.2) is 42.5 Å². The van der Waals surface area contributed by atoms with Crippen LogP contribution in [-0.4, -0.2) is 21.6 Å². The molecule has 1 aliphatic carbocycles. The number of nitrogens with two attached hydrogens (primary N) is 1. The van der Waals surface area contributed by atoms with Gasteiger partial charge in [-0.15, -0.1) is 0 Å². The maximum absolute atomic E-state index is 12.1. The van der Waals surface area contributed by atoms with Crippen LogP contribution in [0.5, 0.6) is 0 Å². The summed E-state index contributed by atoms with van der Waals surface area (Å²) in [5, 5.41) is 11.0. The van der Waals surface area contributed by atoms with Gasteiger partial charge in [0.1, 0.15) is 0 Å². The normalized spacial score (nSPS) is 16.1. The quantitative estimate of drug-likeness (QED) is 0.519. The molecular formula is C26H30N2O3. The summed E-state index contributed by atoms with van der Waals surface area (Å²) in [6.07, 6.45) is 7.92. The first-order valence-electron chi connectivity index (χ1n) is 11.2. The molecule has 0 bridgehead atoms. The summed E-state index contributed by atoms with van der Waals surface area (Å²) in [6, 6.07) is 12.9. The summed E-state index contributed by atoms with van der Waals surface area (Å²) >= 11 is 0. The average molecular weight is 419 g/mol. The Morgan fingerprint density at radius 1 is 1.19 bits per heavy atom. The lowest BCUT2D eigenvalue weighted by atomic mass is 9.94. The number of aromatic nitrogens is 1. The van der Waals surface area contributed by atoms with Gasteiger partial charge in [0.2, 0.25) is 5.91 Å². The summed E-state index contributed by atoms with van der Waals surface area (Å²) in [5.41, 5.74) is 10.6. The molecule has 1 unspecified atom stereocenters. The van der Waals surface area contributed by atoms with Crippen molar-refractivity contribution < 1.29 is 14.7 Å². The third-order valence-corrected chi connectivity index (χ3v) is 6.57. The summed E-state index contributed by atoms with van der Waals surface area (Å²) in [6.45, 7) is 2.75. The maximum atomic E-state index is 12.1. The molecule has 0 spiro atoms. The fraction of sp³-hybridized carbons (Fsp3) is 0.385. The first kappa shape index (κ1) is 21.2. The predicted octanol–water partition coefficient (Wildman–Crippen LogP) is 5.17. The number of hydrogen-bond acceptors (Lipinski definition) is 2. The smallest absolute Gasteiger partial charge is 0.337 e. The minimum absolute atomic E-state index is 0.335. The Morgan fingerprint density at radius 3 is 2.74 bits per heavy atom. The SMILES string of the molecule is CCCCC1CCCc2c(n(Cc3cccc(C(N)=O)c3)c3c(C(=O)O)cccc23)C1. The number of rotatable bonds is 7. The number of carbonyl (C=O) groups excluding carboxylic acids is 1. The van der Waals surface area contributed by atoms with E-state index in [-0.39, 0.29) is 0 Å². The summed E-state index contributed by atoms with van der Waals surface area (Å²) in [7, 11) is 0. The van der Waals surface area contributed by atoms with Gasteiger partial charge in [-0.3, -0.25) is 4.79 Å². The third kappa shape index (κ3) is 4.22. The molecule has 1 aromatic heterocycles. The number of para-hydroxylation sites is 1. The van der Waals surface area contributed by atoms with Crippen LogP contribution in [-0.2, 0) is 19.4 Å².